The Morgan fingerprint density at radius 3 is 1.38 bits per heavy atom. The van der Waals surface area contributed by atoms with E-state index in [1.165, 1.54) is 60.7 Å². The molecule has 0 bridgehead atoms. The number of carbonyl (C=O) groups excluding carboxylic acids is 2. The zero-order valence-electron chi connectivity index (χ0n) is 13.1. The monoisotopic (exact) mass is 352 g/mol. The fourth-order valence-electron chi connectivity index (χ4n) is 2.00. The van der Waals surface area contributed by atoms with Gasteiger partial charge in [-0.1, -0.05) is 12.1 Å². The zero-order chi connectivity index (χ0) is 19.1. The number of phenolic OH excluding ortho intramolecular Hbond substituents is 4. The first-order valence-corrected chi connectivity index (χ1v) is 7.08. The summed E-state index contributed by atoms with van der Waals surface area (Å²) in [7, 11) is 0. The van der Waals surface area contributed by atoms with E-state index < -0.39 is 0 Å². The van der Waals surface area contributed by atoms with Crippen molar-refractivity contribution in [3.8, 4) is 23.0 Å². The zero-order valence-corrected chi connectivity index (χ0v) is 13.1. The van der Waals surface area contributed by atoms with Crippen LogP contribution in [0.3, 0.4) is 0 Å². The maximum atomic E-state index is 10.7. The van der Waals surface area contributed by atoms with E-state index in [4.69, 9.17) is 0 Å². The van der Waals surface area contributed by atoms with Crippen molar-refractivity contribution in [3.63, 3.8) is 0 Å². The fraction of sp³-hybridized carbons (Fsp3) is 0. The normalized spacial score (nSPS) is 11.4. The molecule has 0 atom stereocenters. The smallest absolute Gasteiger partial charge is 0.240 e. The summed E-state index contributed by atoms with van der Waals surface area (Å²) in [5.74, 6) is -1.44. The van der Waals surface area contributed by atoms with Gasteiger partial charge in [-0.05, 0) is 47.5 Å². The number of phenols is 4. The number of hydrogen-bond acceptors (Lipinski definition) is 8. The van der Waals surface area contributed by atoms with E-state index >= 15 is 0 Å². The molecule has 2 rings (SSSR count). The number of aromatic hydroxyl groups is 4. The van der Waals surface area contributed by atoms with Gasteiger partial charge in [-0.3, -0.25) is 0 Å². The molecule has 0 amide bonds. The minimum absolute atomic E-state index is 0.0824. The third kappa shape index (κ3) is 4.46. The Balaban J connectivity index is 2.58. The Morgan fingerprint density at radius 2 is 1.08 bits per heavy atom. The van der Waals surface area contributed by atoms with Gasteiger partial charge in [0.15, 0.2) is 23.0 Å². The van der Waals surface area contributed by atoms with Gasteiger partial charge < -0.3 is 20.4 Å². The van der Waals surface area contributed by atoms with Crippen molar-refractivity contribution in [2.75, 3.05) is 0 Å². The number of nitrogens with zero attached hydrogens (tertiary/aromatic N) is 2. The van der Waals surface area contributed by atoms with Crippen molar-refractivity contribution in [2.45, 2.75) is 0 Å². The Labute approximate surface area is 147 Å². The van der Waals surface area contributed by atoms with E-state index in [-0.39, 0.29) is 34.4 Å². The number of benzene rings is 2. The largest absolute Gasteiger partial charge is 0.504 e. The lowest BCUT2D eigenvalue weighted by molar-refractivity contribution is 0.403. The number of rotatable bonds is 5. The first-order valence-electron chi connectivity index (χ1n) is 7.08. The highest BCUT2D eigenvalue weighted by Crippen LogP contribution is 2.29. The average Bonchev–Trinajstić information content (AvgIpc) is 2.60. The Kier molecular flexibility index (Phi) is 5.69. The lowest BCUT2D eigenvalue weighted by Gasteiger charge is -2.04. The molecule has 0 unspecified atom stereocenters. The van der Waals surface area contributed by atoms with E-state index in [9.17, 15) is 30.0 Å². The van der Waals surface area contributed by atoms with Crippen molar-refractivity contribution in [2.24, 2.45) is 9.98 Å². The molecule has 8 heteroatoms. The van der Waals surface area contributed by atoms with Crippen LogP contribution in [0, 0.1) is 0 Å². The molecule has 0 aliphatic rings. The van der Waals surface area contributed by atoms with E-state index in [0.717, 1.165) is 0 Å². The van der Waals surface area contributed by atoms with Crippen LogP contribution in [0.5, 0.6) is 23.0 Å². The van der Waals surface area contributed by atoms with Crippen LogP contribution < -0.4 is 0 Å². The van der Waals surface area contributed by atoms with Crippen LogP contribution in [0.2, 0.25) is 0 Å². The predicted octanol–water partition coefficient (Wildman–Crippen LogP) is 2.56. The van der Waals surface area contributed by atoms with Crippen LogP contribution in [0.25, 0.3) is 12.2 Å². The second-order valence-electron chi connectivity index (χ2n) is 4.96. The van der Waals surface area contributed by atoms with Gasteiger partial charge >= 0.3 is 0 Å². The molecule has 0 aromatic heterocycles. The molecule has 0 saturated carbocycles. The highest BCUT2D eigenvalue weighted by Gasteiger charge is 2.08. The van der Waals surface area contributed by atoms with Crippen LogP contribution in [0.15, 0.2) is 57.8 Å². The van der Waals surface area contributed by atoms with Gasteiger partial charge in [0.05, 0.1) is 0 Å². The minimum Gasteiger partial charge on any atom is -0.504 e. The van der Waals surface area contributed by atoms with Crippen molar-refractivity contribution in [1.82, 2.24) is 0 Å². The SMILES string of the molecule is O=C=NC(=C\c1ccc(O)c(O)c1)/C(=C/c1ccc(O)c(O)c1)N=C=O. The number of hydrogen-bond donors (Lipinski definition) is 4. The third-order valence-corrected chi connectivity index (χ3v) is 3.20. The van der Waals surface area contributed by atoms with E-state index in [0.29, 0.717) is 11.1 Å². The van der Waals surface area contributed by atoms with Gasteiger partial charge in [0, 0.05) is 0 Å². The third-order valence-electron chi connectivity index (χ3n) is 3.20. The quantitative estimate of drug-likeness (QED) is 0.282. The lowest BCUT2D eigenvalue weighted by atomic mass is 10.1. The Hall–Kier alpha value is -4.12. The van der Waals surface area contributed by atoms with Crippen LogP contribution in [0.4, 0.5) is 0 Å². The summed E-state index contributed by atoms with van der Waals surface area (Å²) in [6, 6.07) is 7.75. The van der Waals surface area contributed by atoms with Gasteiger partial charge in [-0.25, -0.2) is 9.59 Å². The first kappa shape index (κ1) is 18.2. The summed E-state index contributed by atoms with van der Waals surface area (Å²) < 4.78 is 0. The number of isocyanates is 2. The van der Waals surface area contributed by atoms with Gasteiger partial charge in [-0.2, -0.15) is 9.98 Å². The molecule has 130 valence electrons. The van der Waals surface area contributed by atoms with Crippen LogP contribution in [-0.2, 0) is 9.59 Å². The Morgan fingerprint density at radius 1 is 0.692 bits per heavy atom. The summed E-state index contributed by atoms with van der Waals surface area (Å²) in [6.07, 6.45) is 5.30. The molecule has 0 aliphatic carbocycles. The molecule has 0 aliphatic heterocycles. The molecule has 4 N–H and O–H groups in total. The molecule has 0 fully saturated rings. The molecule has 0 heterocycles. The van der Waals surface area contributed by atoms with Gasteiger partial charge in [0.25, 0.3) is 0 Å². The Bertz CT molecular complexity index is 915. The molecule has 0 spiro atoms. The van der Waals surface area contributed by atoms with Crippen molar-refractivity contribution in [3.05, 3.63) is 58.9 Å². The topological polar surface area (TPSA) is 140 Å². The van der Waals surface area contributed by atoms with Gasteiger partial charge in [0.2, 0.25) is 12.2 Å². The molecule has 0 saturated heterocycles. The molecule has 2 aromatic rings. The molecular weight excluding hydrogens is 340 g/mol. The molecule has 26 heavy (non-hydrogen) atoms. The first-order chi connectivity index (χ1) is 12.4. The van der Waals surface area contributed by atoms with Crippen molar-refractivity contribution < 1.29 is 30.0 Å². The fourth-order valence-corrected chi connectivity index (χ4v) is 2.00. The predicted molar refractivity (Wildman–Crippen MR) is 91.7 cm³/mol. The van der Waals surface area contributed by atoms with Crippen LogP contribution >= 0.6 is 0 Å². The summed E-state index contributed by atoms with van der Waals surface area (Å²) in [6.45, 7) is 0. The second-order valence-corrected chi connectivity index (χ2v) is 4.96. The molecule has 8 nitrogen and oxygen atoms in total. The van der Waals surface area contributed by atoms with E-state index in [1.54, 1.807) is 0 Å². The van der Waals surface area contributed by atoms with E-state index in [2.05, 4.69) is 9.98 Å². The summed E-state index contributed by atoms with van der Waals surface area (Å²) >= 11 is 0. The summed E-state index contributed by atoms with van der Waals surface area (Å²) in [5.41, 5.74) is 0.548. The maximum absolute atomic E-state index is 10.7. The number of aliphatic imine (C=N–C) groups is 2. The standard InChI is InChI=1S/C18H12N2O6/c21-9-19-13(5-11-1-3-15(23)17(25)7-11)14(20-10-22)6-12-2-4-16(24)18(26)8-12/h1-8,23-26H/b13-5-,14-6-. The van der Waals surface area contributed by atoms with Crippen molar-refractivity contribution >= 4 is 24.3 Å². The second kappa shape index (κ2) is 8.12. The van der Waals surface area contributed by atoms with Crippen LogP contribution in [0.1, 0.15) is 11.1 Å². The lowest BCUT2D eigenvalue weighted by Crippen LogP contribution is -1.86. The van der Waals surface area contributed by atoms with Crippen molar-refractivity contribution in [1.29, 1.82) is 0 Å². The van der Waals surface area contributed by atoms with Crippen LogP contribution in [-0.4, -0.2) is 32.6 Å². The maximum Gasteiger partial charge on any atom is 0.240 e. The minimum atomic E-state index is -0.388. The molecule has 0 radical (unpaired) electrons. The molecule has 2 aromatic carbocycles. The van der Waals surface area contributed by atoms with E-state index in [1.807, 2.05) is 0 Å². The average molecular weight is 352 g/mol. The molecular formula is C18H12N2O6. The highest BCUT2D eigenvalue weighted by atomic mass is 16.3. The van der Waals surface area contributed by atoms with Gasteiger partial charge in [0.1, 0.15) is 11.4 Å². The summed E-state index contributed by atoms with van der Waals surface area (Å²) in [5, 5.41) is 37.7. The highest BCUT2D eigenvalue weighted by molar-refractivity contribution is 5.70. The summed E-state index contributed by atoms with van der Waals surface area (Å²) in [4.78, 5) is 28.4. The van der Waals surface area contributed by atoms with Gasteiger partial charge in [-0.15, -0.1) is 0 Å².